The van der Waals surface area contributed by atoms with Gasteiger partial charge in [-0.3, -0.25) is 9.59 Å². The molecule has 14 heteroatoms. The molecule has 1 fully saturated rings. The highest BCUT2D eigenvalue weighted by atomic mass is 35.5. The van der Waals surface area contributed by atoms with E-state index >= 15 is 0 Å². The number of amides is 3. The van der Waals surface area contributed by atoms with Crippen molar-refractivity contribution in [2.24, 2.45) is 5.92 Å². The Kier molecular flexibility index (Phi) is 16.7. The monoisotopic (exact) mass is 880 g/mol. The molecule has 0 radical (unpaired) electrons. The number of carbonyl (C=O) groups is 4. The zero-order chi connectivity index (χ0) is 44.8. The summed E-state index contributed by atoms with van der Waals surface area (Å²) >= 11 is 6.12. The molecule has 4 aromatic carbocycles. The number of nitrogens with zero attached hydrogens (tertiary/aromatic N) is 2. The van der Waals surface area contributed by atoms with E-state index in [1.54, 1.807) is 45.0 Å². The van der Waals surface area contributed by atoms with Crippen LogP contribution in [-0.2, 0) is 43.4 Å². The van der Waals surface area contributed by atoms with Crippen molar-refractivity contribution < 1.29 is 42.9 Å². The van der Waals surface area contributed by atoms with E-state index in [1.165, 1.54) is 4.90 Å². The molecule has 5 atom stereocenters. The van der Waals surface area contributed by atoms with Crippen LogP contribution >= 0.6 is 11.6 Å². The molecule has 0 aliphatic carbocycles. The number of ether oxygens (including phenoxy) is 3. The van der Waals surface area contributed by atoms with E-state index in [-0.39, 0.29) is 50.7 Å². The number of likely N-dealkylation sites (tertiary alicyclic amines) is 1. The molecule has 2 heterocycles. The fraction of sp³-hybridized carbons (Fsp3) is 0.408. The number of fused-ring (bicyclic) bond motifs is 1. The Morgan fingerprint density at radius 2 is 1.51 bits per heavy atom. The molecule has 5 aromatic rings. The third-order valence-corrected chi connectivity index (χ3v) is 11.1. The Morgan fingerprint density at radius 3 is 2.21 bits per heavy atom. The first kappa shape index (κ1) is 46.7. The van der Waals surface area contributed by atoms with E-state index in [9.17, 15) is 24.3 Å². The van der Waals surface area contributed by atoms with Crippen LogP contribution in [-0.4, -0.2) is 75.7 Å². The van der Waals surface area contributed by atoms with Gasteiger partial charge in [0.2, 0.25) is 11.8 Å². The van der Waals surface area contributed by atoms with Crippen molar-refractivity contribution in [2.75, 3.05) is 13.1 Å². The summed E-state index contributed by atoms with van der Waals surface area (Å²) in [7, 11) is 0. The Morgan fingerprint density at radius 1 is 0.841 bits per heavy atom. The van der Waals surface area contributed by atoms with E-state index in [4.69, 9.17) is 30.2 Å². The lowest BCUT2D eigenvalue weighted by Crippen LogP contribution is -2.52. The fourth-order valence-electron chi connectivity index (χ4n) is 7.60. The van der Waals surface area contributed by atoms with Crippen LogP contribution < -0.4 is 10.6 Å². The van der Waals surface area contributed by atoms with Crippen molar-refractivity contribution in [3.63, 3.8) is 0 Å². The van der Waals surface area contributed by atoms with Crippen LogP contribution in [0.5, 0.6) is 0 Å². The molecule has 13 nitrogen and oxygen atoms in total. The largest absolute Gasteiger partial charge is 0.445 e. The average molecular weight is 881 g/mol. The number of carbonyl (C=O) groups excluding carboxylic acids is 4. The molecule has 0 spiro atoms. The van der Waals surface area contributed by atoms with Crippen LogP contribution in [0.2, 0.25) is 5.02 Å². The van der Waals surface area contributed by atoms with Crippen molar-refractivity contribution in [2.45, 2.75) is 109 Å². The van der Waals surface area contributed by atoms with E-state index in [2.05, 4.69) is 15.6 Å². The molecule has 63 heavy (non-hydrogen) atoms. The summed E-state index contributed by atoms with van der Waals surface area (Å²) in [5.41, 5.74) is 3.08. The van der Waals surface area contributed by atoms with Gasteiger partial charge >= 0.3 is 12.2 Å². The SMILES string of the molecule is CC(C)(C)OC(=O)NCCCC[C@H](CC(=O)[C@@H]1C[C@@H](OCc2ccc(Cl)cc2)CN1C(=O)[C@@H](CCc1ccccc1)NC(=O)OCc1ccccc1)C(O)c1nc2ccccc2o1. The summed E-state index contributed by atoms with van der Waals surface area (Å²) < 4.78 is 23.2. The van der Waals surface area contributed by atoms with Crippen molar-refractivity contribution >= 4 is 46.6 Å². The summed E-state index contributed by atoms with van der Waals surface area (Å²) in [6.07, 6.45) is -0.768. The molecule has 0 bridgehead atoms. The summed E-state index contributed by atoms with van der Waals surface area (Å²) in [6, 6.07) is 31.3. The van der Waals surface area contributed by atoms with Gasteiger partial charge in [-0.15, -0.1) is 0 Å². The molecule has 3 N–H and O–H groups in total. The predicted molar refractivity (Wildman–Crippen MR) is 239 cm³/mol. The molecule has 334 valence electrons. The van der Waals surface area contributed by atoms with Gasteiger partial charge in [-0.25, -0.2) is 14.6 Å². The van der Waals surface area contributed by atoms with Gasteiger partial charge in [-0.05, 0) is 87.4 Å². The minimum Gasteiger partial charge on any atom is -0.445 e. The number of aryl methyl sites for hydroxylation is 1. The van der Waals surface area contributed by atoms with Crippen LogP contribution in [0.15, 0.2) is 114 Å². The number of hydrogen-bond acceptors (Lipinski definition) is 10. The number of unbranched alkanes of at least 4 members (excludes halogenated alkanes) is 1. The number of hydrogen-bond donors (Lipinski definition) is 3. The highest BCUT2D eigenvalue weighted by Crippen LogP contribution is 2.34. The minimum absolute atomic E-state index is 0.0125. The average Bonchev–Trinajstić information content (AvgIpc) is 3.91. The summed E-state index contributed by atoms with van der Waals surface area (Å²) in [5, 5.41) is 18.0. The smallest absolute Gasteiger partial charge is 0.408 e. The van der Waals surface area contributed by atoms with Gasteiger partial charge in [-0.2, -0.15) is 0 Å². The zero-order valence-corrected chi connectivity index (χ0v) is 36.8. The maximum absolute atomic E-state index is 14.8. The molecular weight excluding hydrogens is 824 g/mol. The predicted octanol–water partition coefficient (Wildman–Crippen LogP) is 8.90. The lowest BCUT2D eigenvalue weighted by molar-refractivity contribution is -0.140. The number of benzene rings is 4. The van der Waals surface area contributed by atoms with Crippen LogP contribution in [0.1, 0.15) is 88.0 Å². The number of oxazole rings is 1. The molecule has 0 saturated carbocycles. The van der Waals surface area contributed by atoms with E-state index in [1.807, 2.05) is 84.9 Å². The molecule has 1 saturated heterocycles. The second kappa shape index (κ2) is 22.5. The first-order chi connectivity index (χ1) is 30.3. The number of para-hydroxylation sites is 2. The maximum atomic E-state index is 14.8. The first-order valence-corrected chi connectivity index (χ1v) is 21.9. The standard InChI is InChI=1S/C49H57ClN4O9/c1-49(2,3)63-47(58)51-27-13-12-18-36(44(56)45-52-39-19-10-11-20-43(39)62-45)28-42(55)41-29-38(60-31-35-21-24-37(50)25-22-35)30-54(41)46(57)40(26-23-33-14-6-4-7-15-33)53-48(59)61-32-34-16-8-5-9-17-34/h4-11,14-17,19-22,24-25,36,38,40-41,44,56H,12-13,18,23,26-32H2,1-3H3,(H,51,58)(H,53,59)/t36-,38-,40-,41+,44?/m1/s1. The van der Waals surface area contributed by atoms with Gasteiger partial charge in [0.05, 0.1) is 18.8 Å². The van der Waals surface area contributed by atoms with Gasteiger partial charge < -0.3 is 39.3 Å². The topological polar surface area (TPSA) is 170 Å². The lowest BCUT2D eigenvalue weighted by Gasteiger charge is -2.30. The number of aliphatic hydroxyl groups is 1. The number of aliphatic hydroxyl groups excluding tert-OH is 1. The quantitative estimate of drug-likeness (QED) is 0.0642. The first-order valence-electron chi connectivity index (χ1n) is 21.5. The second-order valence-electron chi connectivity index (χ2n) is 16.9. The molecule has 1 aliphatic heterocycles. The molecule has 1 aromatic heterocycles. The normalized spacial score (nSPS) is 16.6. The Bertz CT molecular complexity index is 2220. The van der Waals surface area contributed by atoms with E-state index in [0.717, 1.165) is 16.7 Å². The number of Topliss-reactive ketones (excluding diaryl/α,β-unsaturated/α-hetero) is 1. The van der Waals surface area contributed by atoms with Crippen molar-refractivity contribution in [1.82, 2.24) is 20.5 Å². The number of nitrogens with one attached hydrogen (secondary N) is 2. The van der Waals surface area contributed by atoms with E-state index < -0.39 is 53.9 Å². The Hall–Kier alpha value is -5.76. The van der Waals surface area contributed by atoms with Crippen molar-refractivity contribution in [3.8, 4) is 0 Å². The van der Waals surface area contributed by atoms with Crippen LogP contribution in [0.25, 0.3) is 11.1 Å². The number of alkyl carbamates (subject to hydrolysis) is 2. The van der Waals surface area contributed by atoms with Crippen molar-refractivity contribution in [1.29, 1.82) is 0 Å². The van der Waals surface area contributed by atoms with E-state index in [0.29, 0.717) is 48.4 Å². The molecule has 3 amide bonds. The number of aromatic nitrogens is 1. The molecule has 1 aliphatic rings. The third kappa shape index (κ3) is 14.4. The number of rotatable bonds is 20. The van der Waals surface area contributed by atoms with Gasteiger partial charge in [0.25, 0.3) is 0 Å². The Labute approximate surface area is 373 Å². The number of ketones is 1. The third-order valence-electron chi connectivity index (χ3n) is 10.8. The summed E-state index contributed by atoms with van der Waals surface area (Å²) in [6.45, 7) is 6.03. The van der Waals surface area contributed by atoms with Gasteiger partial charge in [0.15, 0.2) is 11.4 Å². The van der Waals surface area contributed by atoms with Gasteiger partial charge in [0, 0.05) is 36.9 Å². The number of halogens is 1. The second-order valence-corrected chi connectivity index (χ2v) is 17.3. The van der Waals surface area contributed by atoms with Crippen LogP contribution in [0, 0.1) is 5.92 Å². The van der Waals surface area contributed by atoms with Crippen molar-refractivity contribution in [3.05, 3.63) is 137 Å². The molecule has 1 unspecified atom stereocenters. The lowest BCUT2D eigenvalue weighted by atomic mass is 9.88. The maximum Gasteiger partial charge on any atom is 0.408 e. The molecule has 6 rings (SSSR count). The Balaban J connectivity index is 1.22. The summed E-state index contributed by atoms with van der Waals surface area (Å²) in [4.78, 5) is 61.1. The highest BCUT2D eigenvalue weighted by Gasteiger charge is 2.43. The zero-order valence-electron chi connectivity index (χ0n) is 36.0. The highest BCUT2D eigenvalue weighted by molar-refractivity contribution is 6.30. The minimum atomic E-state index is -1.25. The summed E-state index contributed by atoms with van der Waals surface area (Å²) in [5.74, 6) is -1.29. The van der Waals surface area contributed by atoms with Gasteiger partial charge in [-0.1, -0.05) is 103 Å². The molecular formula is C49H57ClN4O9. The van der Waals surface area contributed by atoms with Gasteiger partial charge in [0.1, 0.15) is 29.9 Å². The fourth-order valence-corrected chi connectivity index (χ4v) is 7.73. The van der Waals surface area contributed by atoms with Crippen LogP contribution in [0.4, 0.5) is 9.59 Å². The van der Waals surface area contributed by atoms with Crippen LogP contribution in [0.3, 0.4) is 0 Å².